The van der Waals surface area contributed by atoms with Crippen LogP contribution in [0.3, 0.4) is 0 Å². The number of ether oxygens (including phenoxy) is 1. The minimum atomic E-state index is -5.22. The van der Waals surface area contributed by atoms with Gasteiger partial charge >= 0.3 is 6.36 Å². The fraction of sp³-hybridized carbons (Fsp3) is 0.214. The highest BCUT2D eigenvalue weighted by Gasteiger charge is 2.34. The van der Waals surface area contributed by atoms with Crippen molar-refractivity contribution in [3.05, 3.63) is 89.7 Å². The Labute approximate surface area is 199 Å². The molecule has 0 saturated carbocycles. The van der Waals surface area contributed by atoms with E-state index in [1.165, 1.54) is 18.2 Å². The van der Waals surface area contributed by atoms with E-state index in [2.05, 4.69) is 11.7 Å². The van der Waals surface area contributed by atoms with Crippen molar-refractivity contribution in [3.8, 4) is 28.0 Å². The van der Waals surface area contributed by atoms with Crippen LogP contribution in [-0.4, -0.2) is 6.36 Å². The highest BCUT2D eigenvalue weighted by atomic mass is 19.4. The third kappa shape index (κ3) is 5.61. The second-order valence-corrected chi connectivity index (χ2v) is 8.33. The summed E-state index contributed by atoms with van der Waals surface area (Å²) in [6.07, 6.45) is -1.17. The van der Waals surface area contributed by atoms with Gasteiger partial charge in [-0.25, -0.2) is 13.2 Å². The minimum Gasteiger partial charge on any atom is -0.399 e. The van der Waals surface area contributed by atoms with E-state index in [-0.39, 0.29) is 16.6 Å². The molecule has 0 N–H and O–H groups in total. The molecule has 4 aromatic carbocycles. The normalized spacial score (nSPS) is 11.7. The predicted molar refractivity (Wildman–Crippen MR) is 125 cm³/mol. The molecule has 182 valence electrons. The summed E-state index contributed by atoms with van der Waals surface area (Å²) < 4.78 is 84.2. The quantitative estimate of drug-likeness (QED) is 0.186. The summed E-state index contributed by atoms with van der Waals surface area (Å²) >= 11 is 0. The Morgan fingerprint density at radius 3 is 2.06 bits per heavy atom. The largest absolute Gasteiger partial charge is 0.573 e. The number of alkyl halides is 3. The lowest BCUT2D eigenvalue weighted by atomic mass is 9.97. The van der Waals surface area contributed by atoms with Crippen LogP contribution >= 0.6 is 0 Å². The van der Waals surface area contributed by atoms with Gasteiger partial charge in [-0.05, 0) is 58.7 Å². The topological polar surface area (TPSA) is 9.23 Å². The molecule has 0 heterocycles. The number of hydrogen-bond acceptors (Lipinski definition) is 1. The molecule has 0 aliphatic carbocycles. The van der Waals surface area contributed by atoms with E-state index in [0.29, 0.717) is 22.3 Å². The van der Waals surface area contributed by atoms with Gasteiger partial charge in [0.2, 0.25) is 5.75 Å². The van der Waals surface area contributed by atoms with Crippen LogP contribution in [0.1, 0.15) is 31.7 Å². The number of hydrogen-bond donors (Lipinski definition) is 0. The van der Waals surface area contributed by atoms with Gasteiger partial charge in [-0.1, -0.05) is 68.3 Å². The highest BCUT2D eigenvalue weighted by Crippen LogP contribution is 2.36. The summed E-state index contributed by atoms with van der Waals surface area (Å²) in [4.78, 5) is 0. The average molecular weight is 488 g/mol. The smallest absolute Gasteiger partial charge is 0.399 e. The summed E-state index contributed by atoms with van der Waals surface area (Å²) in [6, 6.07) is 17.3. The Morgan fingerprint density at radius 2 is 1.40 bits per heavy atom. The standard InChI is InChI=1S/C28H22F6O/c1-2-3-4-5-17-6-12-22(24(29)14-17)19-9-7-18(8-10-19)20-11-13-23-21(15-20)16-25(30)27(26(23)31)35-28(32,33)34/h6-16H,2-5H2,1H3. The van der Waals surface area contributed by atoms with E-state index in [1.54, 1.807) is 36.4 Å². The van der Waals surface area contributed by atoms with Gasteiger partial charge in [0.05, 0.1) is 0 Å². The molecule has 35 heavy (non-hydrogen) atoms. The summed E-state index contributed by atoms with van der Waals surface area (Å²) in [6.45, 7) is 2.12. The number of rotatable bonds is 7. The molecule has 0 aliphatic rings. The minimum absolute atomic E-state index is 0.0841. The van der Waals surface area contributed by atoms with Crippen molar-refractivity contribution in [2.45, 2.75) is 39.0 Å². The van der Waals surface area contributed by atoms with E-state index < -0.39 is 23.7 Å². The van der Waals surface area contributed by atoms with Gasteiger partial charge in [0.25, 0.3) is 0 Å². The van der Waals surface area contributed by atoms with Crippen molar-refractivity contribution in [1.29, 1.82) is 0 Å². The predicted octanol–water partition coefficient (Wildman–Crippen LogP) is 9.22. The lowest BCUT2D eigenvalue weighted by Crippen LogP contribution is -2.19. The van der Waals surface area contributed by atoms with E-state index in [4.69, 9.17) is 0 Å². The summed E-state index contributed by atoms with van der Waals surface area (Å²) in [5, 5.41) is -0.118. The molecule has 0 atom stereocenters. The highest BCUT2D eigenvalue weighted by molar-refractivity contribution is 5.89. The van der Waals surface area contributed by atoms with Crippen LogP contribution in [0.2, 0.25) is 0 Å². The SMILES string of the molecule is CCCCCc1ccc(-c2ccc(-c3ccc4c(F)c(OC(F)(F)F)c(F)cc4c3)cc2)c(F)c1. The molecule has 0 fully saturated rings. The van der Waals surface area contributed by atoms with Gasteiger partial charge in [0.1, 0.15) is 5.82 Å². The maximum absolute atomic E-state index is 14.7. The average Bonchev–Trinajstić information content (AvgIpc) is 2.81. The van der Waals surface area contributed by atoms with Crippen molar-refractivity contribution in [3.63, 3.8) is 0 Å². The number of fused-ring (bicyclic) bond motifs is 1. The van der Waals surface area contributed by atoms with Gasteiger partial charge in [-0.15, -0.1) is 13.2 Å². The molecule has 0 saturated heterocycles. The monoisotopic (exact) mass is 488 g/mol. The van der Waals surface area contributed by atoms with Crippen molar-refractivity contribution in [1.82, 2.24) is 0 Å². The molecule has 0 unspecified atom stereocenters. The molecular formula is C28H22F6O. The lowest BCUT2D eigenvalue weighted by molar-refractivity contribution is -0.276. The zero-order chi connectivity index (χ0) is 25.2. The fourth-order valence-electron chi connectivity index (χ4n) is 4.07. The number of benzene rings is 4. The van der Waals surface area contributed by atoms with Crippen molar-refractivity contribution >= 4 is 10.8 Å². The lowest BCUT2D eigenvalue weighted by Gasteiger charge is -2.13. The summed E-state index contributed by atoms with van der Waals surface area (Å²) in [5.74, 6) is -4.66. The molecule has 4 aromatic rings. The first-order chi connectivity index (χ1) is 16.7. The fourth-order valence-corrected chi connectivity index (χ4v) is 4.07. The second kappa shape index (κ2) is 10.0. The molecule has 0 amide bonds. The Morgan fingerprint density at radius 1 is 0.714 bits per heavy atom. The van der Waals surface area contributed by atoms with Crippen LogP contribution in [0.15, 0.2) is 66.7 Å². The Balaban J connectivity index is 1.60. The van der Waals surface area contributed by atoms with Gasteiger partial charge in [-0.2, -0.15) is 0 Å². The zero-order valence-electron chi connectivity index (χ0n) is 18.9. The first-order valence-corrected chi connectivity index (χ1v) is 11.2. The van der Waals surface area contributed by atoms with Crippen LogP contribution in [0.4, 0.5) is 26.3 Å². The first-order valence-electron chi connectivity index (χ1n) is 11.2. The van der Waals surface area contributed by atoms with Crippen molar-refractivity contribution in [2.24, 2.45) is 0 Å². The number of unbranched alkanes of at least 4 members (excludes halogenated alkanes) is 2. The summed E-state index contributed by atoms with van der Waals surface area (Å²) in [7, 11) is 0. The maximum atomic E-state index is 14.7. The van der Waals surface area contributed by atoms with Gasteiger partial charge in [-0.3, -0.25) is 0 Å². The van der Waals surface area contributed by atoms with E-state index >= 15 is 0 Å². The maximum Gasteiger partial charge on any atom is 0.573 e. The first kappa shape index (κ1) is 24.6. The Kier molecular flexibility index (Phi) is 7.05. The summed E-state index contributed by atoms with van der Waals surface area (Å²) in [5.41, 5.74) is 3.40. The molecule has 0 aromatic heterocycles. The Bertz CT molecular complexity index is 1340. The van der Waals surface area contributed by atoms with Crippen molar-refractivity contribution < 1.29 is 31.1 Å². The van der Waals surface area contributed by atoms with Crippen LogP contribution in [0.5, 0.6) is 5.75 Å². The molecule has 0 radical (unpaired) electrons. The van der Waals surface area contributed by atoms with Crippen molar-refractivity contribution in [2.75, 3.05) is 0 Å². The van der Waals surface area contributed by atoms with Gasteiger partial charge in [0, 0.05) is 10.9 Å². The molecule has 0 spiro atoms. The van der Waals surface area contributed by atoms with Crippen LogP contribution < -0.4 is 4.74 Å². The van der Waals surface area contributed by atoms with E-state index in [0.717, 1.165) is 37.3 Å². The number of aryl methyl sites for hydroxylation is 1. The Hall–Kier alpha value is -3.48. The molecule has 1 nitrogen and oxygen atoms in total. The van der Waals surface area contributed by atoms with Crippen LogP contribution in [0.25, 0.3) is 33.0 Å². The molecular weight excluding hydrogens is 466 g/mol. The van der Waals surface area contributed by atoms with E-state index in [9.17, 15) is 26.3 Å². The van der Waals surface area contributed by atoms with E-state index in [1.807, 2.05) is 6.07 Å². The molecule has 0 aliphatic heterocycles. The molecule has 4 rings (SSSR count). The number of halogens is 6. The zero-order valence-corrected chi connectivity index (χ0v) is 18.9. The van der Waals surface area contributed by atoms with Gasteiger partial charge < -0.3 is 4.74 Å². The van der Waals surface area contributed by atoms with Crippen LogP contribution in [0, 0.1) is 17.5 Å². The third-order valence-corrected chi connectivity index (χ3v) is 5.84. The molecule has 0 bridgehead atoms. The second-order valence-electron chi connectivity index (χ2n) is 8.33. The van der Waals surface area contributed by atoms with Gasteiger partial charge in [0.15, 0.2) is 11.6 Å². The third-order valence-electron chi connectivity index (χ3n) is 5.84. The molecule has 7 heteroatoms. The van der Waals surface area contributed by atoms with Crippen LogP contribution in [-0.2, 0) is 6.42 Å².